The molecule has 178 valence electrons. The Morgan fingerprint density at radius 3 is 2.76 bits per heavy atom. The van der Waals surface area contributed by atoms with Gasteiger partial charge in [0.05, 0.1) is 60.9 Å². The zero-order valence-electron chi connectivity index (χ0n) is 18.6. The highest BCUT2D eigenvalue weighted by Gasteiger charge is 2.27. The van der Waals surface area contributed by atoms with E-state index in [1.54, 1.807) is 12.3 Å². The number of aromatic nitrogens is 3. The zero-order valence-corrected chi connectivity index (χ0v) is 19.4. The minimum Gasteiger partial charge on any atom is -0.495 e. The zero-order chi connectivity index (χ0) is 24.2. The average molecular weight is 488 g/mol. The van der Waals surface area contributed by atoms with Crippen LogP contribution in [0.3, 0.4) is 0 Å². The van der Waals surface area contributed by atoms with Crippen LogP contribution in [0.2, 0.25) is 5.02 Å². The van der Waals surface area contributed by atoms with Crippen molar-refractivity contribution in [3.8, 4) is 22.8 Å². The lowest BCUT2D eigenvalue weighted by molar-refractivity contribution is -0.117. The minimum atomic E-state index is -0.649. The van der Waals surface area contributed by atoms with Gasteiger partial charge in [0, 0.05) is 24.3 Å². The molecule has 1 aromatic carbocycles. The molecule has 1 fully saturated rings. The second-order valence-electron chi connectivity index (χ2n) is 7.54. The molecule has 0 aliphatic carbocycles. The molecule has 0 unspecified atom stereocenters. The van der Waals surface area contributed by atoms with Crippen LogP contribution >= 0.6 is 11.6 Å². The van der Waals surface area contributed by atoms with Gasteiger partial charge in [-0.25, -0.2) is 14.4 Å². The molecule has 1 amide bonds. The second kappa shape index (κ2) is 10.2. The first kappa shape index (κ1) is 23.7. The fraction of sp³-hybridized carbons (Fsp3) is 0.304. The molecule has 0 saturated carbocycles. The number of nitrogens with zero attached hydrogens (tertiary/aromatic N) is 3. The summed E-state index contributed by atoms with van der Waals surface area (Å²) in [5.41, 5.74) is 0.877. The van der Waals surface area contributed by atoms with E-state index in [1.807, 2.05) is 0 Å². The lowest BCUT2D eigenvalue weighted by atomic mass is 10.0. The number of anilines is 1. The van der Waals surface area contributed by atoms with Crippen molar-refractivity contribution in [2.45, 2.75) is 18.5 Å². The number of ether oxygens (including phenoxy) is 3. The van der Waals surface area contributed by atoms with Gasteiger partial charge in [0.2, 0.25) is 11.9 Å². The van der Waals surface area contributed by atoms with Gasteiger partial charge < -0.3 is 24.8 Å². The van der Waals surface area contributed by atoms with E-state index in [0.29, 0.717) is 36.5 Å². The number of nitrogens with one attached hydrogen (secondary N) is 2. The number of benzene rings is 1. The number of halogens is 2. The van der Waals surface area contributed by atoms with E-state index in [-0.39, 0.29) is 45.8 Å². The fourth-order valence-electron chi connectivity index (χ4n) is 3.71. The second-order valence-corrected chi connectivity index (χ2v) is 7.92. The third kappa shape index (κ3) is 4.73. The van der Waals surface area contributed by atoms with Crippen LogP contribution in [0.15, 0.2) is 37.2 Å². The van der Waals surface area contributed by atoms with E-state index in [0.717, 1.165) is 0 Å². The molecule has 1 saturated heterocycles. The van der Waals surface area contributed by atoms with Gasteiger partial charge in [-0.05, 0) is 18.6 Å². The Morgan fingerprint density at radius 1 is 1.24 bits per heavy atom. The van der Waals surface area contributed by atoms with Gasteiger partial charge in [-0.15, -0.1) is 0 Å². The molecular formula is C23H23ClFN5O4. The first-order chi connectivity index (χ1) is 16.4. The van der Waals surface area contributed by atoms with Crippen LogP contribution in [-0.2, 0) is 9.53 Å². The first-order valence-electron chi connectivity index (χ1n) is 10.5. The van der Waals surface area contributed by atoms with Crippen molar-refractivity contribution >= 4 is 34.4 Å². The van der Waals surface area contributed by atoms with Crippen LogP contribution in [0.4, 0.5) is 10.3 Å². The first-order valence-corrected chi connectivity index (χ1v) is 10.8. The molecule has 34 heavy (non-hydrogen) atoms. The Kier molecular flexibility index (Phi) is 7.09. The number of pyridine rings is 1. The van der Waals surface area contributed by atoms with E-state index in [4.69, 9.17) is 25.8 Å². The molecule has 2 aromatic heterocycles. The lowest BCUT2D eigenvalue weighted by Crippen LogP contribution is -2.52. The Bertz CT molecular complexity index is 1210. The number of carbonyl (C=O) groups excluding carboxylic acids is 1. The van der Waals surface area contributed by atoms with Gasteiger partial charge in [0.15, 0.2) is 11.6 Å². The third-order valence-corrected chi connectivity index (χ3v) is 5.86. The molecule has 2 atom stereocenters. The highest BCUT2D eigenvalue weighted by atomic mass is 35.5. The van der Waals surface area contributed by atoms with Crippen molar-refractivity contribution in [1.29, 1.82) is 0 Å². The molecule has 3 heterocycles. The maximum atomic E-state index is 15.0. The maximum Gasteiger partial charge on any atom is 0.243 e. The van der Waals surface area contributed by atoms with Crippen molar-refractivity contribution in [2.75, 3.05) is 32.8 Å². The summed E-state index contributed by atoms with van der Waals surface area (Å²) in [6.07, 6.45) is 4.98. The maximum absolute atomic E-state index is 15.0. The lowest BCUT2D eigenvalue weighted by Gasteiger charge is -2.32. The molecule has 0 radical (unpaired) electrons. The molecule has 4 rings (SSSR count). The summed E-state index contributed by atoms with van der Waals surface area (Å²) in [5.74, 6) is -0.302. The number of hydrogen-bond acceptors (Lipinski definition) is 8. The van der Waals surface area contributed by atoms with E-state index < -0.39 is 5.82 Å². The van der Waals surface area contributed by atoms with Crippen LogP contribution in [0.5, 0.6) is 11.5 Å². The molecule has 1 aliphatic rings. The van der Waals surface area contributed by atoms with Crippen LogP contribution in [-0.4, -0.2) is 60.4 Å². The van der Waals surface area contributed by atoms with E-state index in [1.165, 1.54) is 32.6 Å². The highest BCUT2D eigenvalue weighted by Crippen LogP contribution is 2.41. The molecule has 9 nitrogen and oxygen atoms in total. The van der Waals surface area contributed by atoms with Crippen LogP contribution in [0.1, 0.15) is 6.42 Å². The molecule has 2 N–H and O–H groups in total. The smallest absolute Gasteiger partial charge is 0.243 e. The number of carbonyl (C=O) groups is 1. The number of fused-ring (bicyclic) bond motifs is 1. The van der Waals surface area contributed by atoms with Gasteiger partial charge in [-0.1, -0.05) is 18.2 Å². The van der Waals surface area contributed by atoms with Gasteiger partial charge in [0.1, 0.15) is 5.75 Å². The predicted octanol–water partition coefficient (Wildman–Crippen LogP) is 3.37. The van der Waals surface area contributed by atoms with Crippen LogP contribution in [0.25, 0.3) is 22.2 Å². The summed E-state index contributed by atoms with van der Waals surface area (Å²) in [7, 11) is 2.79. The number of methoxy groups -OCH3 is 2. The summed E-state index contributed by atoms with van der Waals surface area (Å²) >= 11 is 6.37. The third-order valence-electron chi connectivity index (χ3n) is 5.48. The van der Waals surface area contributed by atoms with Gasteiger partial charge in [-0.3, -0.25) is 9.78 Å². The van der Waals surface area contributed by atoms with Gasteiger partial charge in [-0.2, -0.15) is 0 Å². The van der Waals surface area contributed by atoms with E-state index >= 15 is 4.39 Å². The molecule has 0 spiro atoms. The quantitative estimate of drug-likeness (QED) is 0.488. The fourth-order valence-corrected chi connectivity index (χ4v) is 4.02. The van der Waals surface area contributed by atoms with E-state index in [2.05, 4.69) is 32.2 Å². The standard InChI is InChI=1S/C23H23ClFN5O4/c1-4-19(31)28-13-5-6-34-11-16(13)30-23-27-9-12-7-14(26-10-15(12)29-23)20-21(24)17(32-2)8-18(33-3)22(20)25/h4,7-10,13,16H,1,5-6,11H2,2-3H3,(H,28,31)(H,27,29,30)/t13-,16+/m0/s1. The summed E-state index contributed by atoms with van der Waals surface area (Å²) in [4.78, 5) is 25.0. The monoisotopic (exact) mass is 487 g/mol. The molecule has 1 aliphatic heterocycles. The molecule has 11 heteroatoms. The van der Waals surface area contributed by atoms with Crippen LogP contribution in [0, 0.1) is 5.82 Å². The summed E-state index contributed by atoms with van der Waals surface area (Å²) in [6.45, 7) is 4.41. The van der Waals surface area contributed by atoms with Crippen molar-refractivity contribution in [3.05, 3.63) is 48.0 Å². The normalized spacial score (nSPS) is 17.8. The predicted molar refractivity (Wildman–Crippen MR) is 126 cm³/mol. The summed E-state index contributed by atoms with van der Waals surface area (Å²) < 4.78 is 30.9. The van der Waals surface area contributed by atoms with Crippen molar-refractivity contribution < 1.29 is 23.4 Å². The van der Waals surface area contributed by atoms with Crippen molar-refractivity contribution in [3.63, 3.8) is 0 Å². The Hall–Kier alpha value is -3.50. The summed E-state index contributed by atoms with van der Waals surface area (Å²) in [5, 5.41) is 6.81. The molecule has 0 bridgehead atoms. The molecule has 3 aromatic rings. The minimum absolute atomic E-state index is 0.0123. The Morgan fingerprint density at radius 2 is 2.03 bits per heavy atom. The van der Waals surface area contributed by atoms with Gasteiger partial charge >= 0.3 is 0 Å². The Labute approximate surface area is 200 Å². The summed E-state index contributed by atoms with van der Waals surface area (Å²) in [6, 6.07) is 2.63. The average Bonchev–Trinajstić information content (AvgIpc) is 2.85. The number of rotatable bonds is 7. The number of hydrogen-bond donors (Lipinski definition) is 2. The van der Waals surface area contributed by atoms with Crippen molar-refractivity contribution in [1.82, 2.24) is 20.3 Å². The topological polar surface area (TPSA) is 107 Å². The largest absolute Gasteiger partial charge is 0.495 e. The van der Waals surface area contributed by atoms with Crippen LogP contribution < -0.4 is 20.1 Å². The van der Waals surface area contributed by atoms with Gasteiger partial charge in [0.25, 0.3) is 0 Å². The SMILES string of the molecule is C=CC(=O)N[C@H]1CCOC[C@H]1Nc1ncc2cc(-c3c(F)c(OC)cc(OC)c3Cl)ncc2n1. The van der Waals surface area contributed by atoms with Crippen molar-refractivity contribution in [2.24, 2.45) is 0 Å². The number of amides is 1. The molecular weight excluding hydrogens is 465 g/mol. The Balaban J connectivity index is 1.63. The highest BCUT2D eigenvalue weighted by molar-refractivity contribution is 6.35. The van der Waals surface area contributed by atoms with E-state index in [9.17, 15) is 4.79 Å².